The molecule has 0 aromatic carbocycles. The second-order valence-corrected chi connectivity index (χ2v) is 10.2. The minimum absolute atomic E-state index is 0.0381. The van der Waals surface area contributed by atoms with Gasteiger partial charge in [0.25, 0.3) is 0 Å². The Hall–Kier alpha value is -0.160. The highest BCUT2D eigenvalue weighted by atomic mass is 16.7. The van der Waals surface area contributed by atoms with Crippen molar-refractivity contribution in [2.24, 2.45) is 28.6 Å². The molecule has 0 radical (unpaired) electrons. The van der Waals surface area contributed by atoms with Crippen LogP contribution < -0.4 is 0 Å². The molecule has 7 atom stereocenters. The summed E-state index contributed by atoms with van der Waals surface area (Å²) in [5.41, 5.74) is -0.579. The fourth-order valence-corrected chi connectivity index (χ4v) is 8.11. The summed E-state index contributed by atoms with van der Waals surface area (Å²) in [5, 5.41) is 21.6. The second-order valence-electron chi connectivity index (χ2n) is 10.2. The predicted octanol–water partition coefficient (Wildman–Crippen LogP) is 3.25. The van der Waals surface area contributed by atoms with Crippen molar-refractivity contribution in [2.45, 2.75) is 89.1 Å². The first-order valence-corrected chi connectivity index (χ1v) is 10.5. The Labute approximate surface area is 151 Å². The summed E-state index contributed by atoms with van der Waals surface area (Å²) in [5.74, 6) is 1.57. The third-order valence-electron chi connectivity index (χ3n) is 9.58. The number of ether oxygens (including phenoxy) is 2. The van der Waals surface area contributed by atoms with E-state index < -0.39 is 5.60 Å². The van der Waals surface area contributed by atoms with Crippen LogP contribution in [0.15, 0.2) is 0 Å². The van der Waals surface area contributed by atoms with Crippen molar-refractivity contribution in [3.63, 3.8) is 0 Å². The summed E-state index contributed by atoms with van der Waals surface area (Å²) in [6, 6.07) is 0. The zero-order chi connectivity index (χ0) is 17.5. The van der Waals surface area contributed by atoms with E-state index in [-0.39, 0.29) is 22.7 Å². The number of hydrogen-bond acceptors (Lipinski definition) is 4. The zero-order valence-electron chi connectivity index (χ0n) is 15.8. The van der Waals surface area contributed by atoms with Crippen LogP contribution in [0, 0.1) is 28.6 Å². The van der Waals surface area contributed by atoms with Crippen LogP contribution in [-0.4, -0.2) is 40.9 Å². The van der Waals surface area contributed by atoms with Gasteiger partial charge in [0.05, 0.1) is 24.9 Å². The lowest BCUT2D eigenvalue weighted by atomic mass is 9.43. The summed E-state index contributed by atoms with van der Waals surface area (Å²) in [6.45, 7) is 6.23. The van der Waals surface area contributed by atoms with Crippen molar-refractivity contribution >= 4 is 0 Å². The SMILES string of the molecule is C[C@]12CCC3C(CC[C@@]4(O)C[C@@H](O)CC[C@]34C)C1CCC21OCCO1. The fraction of sp³-hybridized carbons (Fsp3) is 1.00. The number of aliphatic hydroxyl groups excluding tert-OH is 1. The van der Waals surface area contributed by atoms with Crippen LogP contribution >= 0.6 is 0 Å². The molecule has 4 nitrogen and oxygen atoms in total. The summed E-state index contributed by atoms with van der Waals surface area (Å²) >= 11 is 0. The quantitative estimate of drug-likeness (QED) is 0.704. The normalized spacial score (nSPS) is 57.1. The van der Waals surface area contributed by atoms with Gasteiger partial charge < -0.3 is 19.7 Å². The lowest BCUT2D eigenvalue weighted by molar-refractivity contribution is -0.262. The Morgan fingerprint density at radius 1 is 0.800 bits per heavy atom. The number of aliphatic hydroxyl groups is 2. The van der Waals surface area contributed by atoms with Crippen LogP contribution in [0.25, 0.3) is 0 Å². The lowest BCUT2D eigenvalue weighted by Gasteiger charge is -2.64. The average molecular weight is 350 g/mol. The van der Waals surface area contributed by atoms with E-state index in [4.69, 9.17) is 9.47 Å². The van der Waals surface area contributed by atoms with E-state index in [1.165, 1.54) is 12.8 Å². The molecular weight excluding hydrogens is 316 g/mol. The molecule has 3 unspecified atom stereocenters. The smallest absolute Gasteiger partial charge is 0.174 e. The van der Waals surface area contributed by atoms with Crippen LogP contribution in [0.4, 0.5) is 0 Å². The number of rotatable bonds is 0. The molecular formula is C21H34O4. The molecule has 1 heterocycles. The highest BCUT2D eigenvalue weighted by molar-refractivity contribution is 5.16. The van der Waals surface area contributed by atoms with Crippen molar-refractivity contribution in [1.82, 2.24) is 0 Å². The lowest BCUT2D eigenvalue weighted by Crippen LogP contribution is -2.63. The number of hydrogen-bond donors (Lipinski definition) is 2. The second kappa shape index (κ2) is 5.21. The first-order valence-electron chi connectivity index (χ1n) is 10.5. The third-order valence-corrected chi connectivity index (χ3v) is 9.58. The molecule has 0 bridgehead atoms. The molecule has 1 saturated heterocycles. The minimum atomic E-state index is -0.670. The van der Waals surface area contributed by atoms with Crippen molar-refractivity contribution in [2.75, 3.05) is 13.2 Å². The predicted molar refractivity (Wildman–Crippen MR) is 93.8 cm³/mol. The Morgan fingerprint density at radius 2 is 1.44 bits per heavy atom. The number of fused-ring (bicyclic) bond motifs is 6. The molecule has 5 rings (SSSR count). The van der Waals surface area contributed by atoms with Gasteiger partial charge in [-0.3, -0.25) is 0 Å². The largest absolute Gasteiger partial charge is 0.393 e. The van der Waals surface area contributed by atoms with Crippen LogP contribution in [0.5, 0.6) is 0 Å². The summed E-state index contributed by atoms with van der Waals surface area (Å²) in [7, 11) is 0. The Bertz CT molecular complexity index is 558. The standard InChI is InChI=1S/C21H34O4/c1-18-7-3-14(22)13-20(18,23)9-4-15-16(18)5-8-19(2)17(15)6-10-21(19)24-11-12-25-21/h14-17,22-23H,3-13H2,1-2H3/t14-,15?,16?,17?,18+,19-,20+/m0/s1. The fourth-order valence-electron chi connectivity index (χ4n) is 8.11. The van der Waals surface area contributed by atoms with E-state index in [0.717, 1.165) is 51.7 Å². The van der Waals surface area contributed by atoms with E-state index in [1.807, 2.05) is 0 Å². The van der Waals surface area contributed by atoms with Gasteiger partial charge in [-0.05, 0) is 68.1 Å². The minimum Gasteiger partial charge on any atom is -0.393 e. The van der Waals surface area contributed by atoms with Gasteiger partial charge in [0.1, 0.15) is 0 Å². The van der Waals surface area contributed by atoms with Crippen LogP contribution in [0.2, 0.25) is 0 Å². The van der Waals surface area contributed by atoms with Gasteiger partial charge in [-0.1, -0.05) is 13.8 Å². The molecule has 4 aliphatic carbocycles. The van der Waals surface area contributed by atoms with Gasteiger partial charge in [0.2, 0.25) is 0 Å². The van der Waals surface area contributed by atoms with Gasteiger partial charge in [0, 0.05) is 18.3 Å². The van der Waals surface area contributed by atoms with Crippen LogP contribution in [-0.2, 0) is 9.47 Å². The molecule has 25 heavy (non-hydrogen) atoms. The zero-order valence-corrected chi connectivity index (χ0v) is 15.8. The molecule has 5 aliphatic rings. The Morgan fingerprint density at radius 3 is 2.20 bits per heavy atom. The topological polar surface area (TPSA) is 58.9 Å². The van der Waals surface area contributed by atoms with E-state index >= 15 is 0 Å². The van der Waals surface area contributed by atoms with Gasteiger partial charge >= 0.3 is 0 Å². The van der Waals surface area contributed by atoms with Crippen molar-refractivity contribution in [3.05, 3.63) is 0 Å². The maximum Gasteiger partial charge on any atom is 0.174 e. The summed E-state index contributed by atoms with van der Waals surface area (Å²) < 4.78 is 12.4. The first-order chi connectivity index (χ1) is 11.8. The molecule has 142 valence electrons. The average Bonchev–Trinajstić information content (AvgIpc) is 3.16. The highest BCUT2D eigenvalue weighted by Gasteiger charge is 2.69. The molecule has 0 aromatic heterocycles. The third kappa shape index (κ3) is 1.98. The summed E-state index contributed by atoms with van der Waals surface area (Å²) in [4.78, 5) is 0. The van der Waals surface area contributed by atoms with Crippen molar-refractivity contribution in [3.8, 4) is 0 Å². The van der Waals surface area contributed by atoms with E-state index in [1.54, 1.807) is 0 Å². The van der Waals surface area contributed by atoms with Gasteiger partial charge in [-0.25, -0.2) is 0 Å². The monoisotopic (exact) mass is 350 g/mol. The molecule has 0 aromatic rings. The molecule has 1 aliphatic heterocycles. The maximum atomic E-state index is 11.5. The molecule has 1 spiro atoms. The van der Waals surface area contributed by atoms with E-state index in [9.17, 15) is 10.2 Å². The van der Waals surface area contributed by atoms with Gasteiger partial charge in [-0.15, -0.1) is 0 Å². The first kappa shape index (κ1) is 17.0. The Balaban J connectivity index is 1.48. The van der Waals surface area contributed by atoms with Crippen LogP contribution in [0.3, 0.4) is 0 Å². The summed E-state index contributed by atoms with van der Waals surface area (Å²) in [6.07, 6.45) is 8.57. The molecule has 4 heteroatoms. The maximum absolute atomic E-state index is 11.5. The molecule has 4 saturated carbocycles. The van der Waals surface area contributed by atoms with Gasteiger partial charge in [-0.2, -0.15) is 0 Å². The van der Waals surface area contributed by atoms with Crippen molar-refractivity contribution < 1.29 is 19.7 Å². The molecule has 5 fully saturated rings. The van der Waals surface area contributed by atoms with Crippen LogP contribution in [0.1, 0.15) is 71.6 Å². The van der Waals surface area contributed by atoms with Gasteiger partial charge in [0.15, 0.2) is 5.79 Å². The highest BCUT2D eigenvalue weighted by Crippen LogP contribution is 2.70. The molecule has 0 amide bonds. The Kier molecular flexibility index (Phi) is 3.54. The molecule has 2 N–H and O–H groups in total. The van der Waals surface area contributed by atoms with Crippen molar-refractivity contribution in [1.29, 1.82) is 0 Å². The van der Waals surface area contributed by atoms with E-state index in [2.05, 4.69) is 13.8 Å². The van der Waals surface area contributed by atoms with E-state index in [0.29, 0.717) is 24.2 Å².